The fourth-order valence-electron chi connectivity index (χ4n) is 9.63. The van der Waals surface area contributed by atoms with E-state index in [2.05, 4.69) is 198 Å². The van der Waals surface area contributed by atoms with E-state index in [9.17, 15) is 0 Å². The molecule has 1 aliphatic rings. The summed E-state index contributed by atoms with van der Waals surface area (Å²) in [4.78, 5) is 5.74. The molecule has 3 heteroatoms. The number of benzene rings is 9. The molecule has 3 nitrogen and oxygen atoms in total. The minimum Gasteiger partial charge on any atom is -0.309 e. The van der Waals surface area contributed by atoms with Gasteiger partial charge in [0.05, 0.1) is 27.8 Å². The van der Waals surface area contributed by atoms with Gasteiger partial charge < -0.3 is 4.57 Å². The predicted molar refractivity (Wildman–Crippen MR) is 243 cm³/mol. The van der Waals surface area contributed by atoms with Crippen LogP contribution in [-0.4, -0.2) is 15.0 Å². The molecule has 0 amide bonds. The predicted octanol–water partition coefficient (Wildman–Crippen LogP) is 14.3. The summed E-state index contributed by atoms with van der Waals surface area (Å²) in [6, 6.07) is 67.0. The number of aliphatic imine (C=N–C) groups is 1. The van der Waals surface area contributed by atoms with Crippen molar-refractivity contribution in [2.75, 3.05) is 0 Å². The lowest BCUT2D eigenvalue weighted by molar-refractivity contribution is 1.01. The maximum Gasteiger partial charge on any atom is 0.146 e. The van der Waals surface area contributed by atoms with Gasteiger partial charge in [-0.1, -0.05) is 146 Å². The molecule has 0 aliphatic carbocycles. The smallest absolute Gasteiger partial charge is 0.146 e. The zero-order valence-electron chi connectivity index (χ0n) is 31.6. The lowest BCUT2D eigenvalue weighted by atomic mass is 9.91. The number of hydrogen-bond donors (Lipinski definition) is 0. The average molecular weight is 728 g/mol. The van der Waals surface area contributed by atoms with E-state index in [1.807, 2.05) is 0 Å². The van der Waals surface area contributed by atoms with Crippen molar-refractivity contribution >= 4 is 93.0 Å². The number of rotatable bonds is 3. The summed E-state index contributed by atoms with van der Waals surface area (Å²) in [5, 5.41) is 12.4. The Balaban J connectivity index is 1.22. The Bertz CT molecular complexity index is 3540. The maximum atomic E-state index is 5.74. The average Bonchev–Trinajstić information content (AvgIpc) is 3.70. The van der Waals surface area contributed by atoms with E-state index in [0.29, 0.717) is 0 Å². The highest BCUT2D eigenvalue weighted by Crippen LogP contribution is 2.42. The zero-order valence-corrected chi connectivity index (χ0v) is 31.6. The second kappa shape index (κ2) is 12.4. The molecule has 0 saturated heterocycles. The van der Waals surface area contributed by atoms with Crippen molar-refractivity contribution in [3.8, 4) is 5.69 Å². The summed E-state index contributed by atoms with van der Waals surface area (Å²) in [5.74, 6) is 0.965. The number of hydrogen-bond acceptors (Lipinski definition) is 1. The number of fused-ring (bicyclic) bond motifs is 11. The molecule has 2 aromatic heterocycles. The Morgan fingerprint density at radius 1 is 0.456 bits per heavy atom. The van der Waals surface area contributed by atoms with Gasteiger partial charge in [-0.25, -0.2) is 4.99 Å². The number of nitrogens with zero attached hydrogens (tertiary/aromatic N) is 3. The molecule has 1 aliphatic heterocycles. The first-order valence-corrected chi connectivity index (χ1v) is 20.0. The van der Waals surface area contributed by atoms with Gasteiger partial charge in [-0.15, -0.1) is 0 Å². The minimum absolute atomic E-state index is 0.850. The molecular weight excluding hydrogens is 691 g/mol. The third-order valence-corrected chi connectivity index (χ3v) is 12.3. The summed E-state index contributed by atoms with van der Waals surface area (Å²) in [5.41, 5.74) is 11.9. The van der Waals surface area contributed by atoms with Crippen LogP contribution in [0.5, 0.6) is 0 Å². The molecule has 0 fully saturated rings. The summed E-state index contributed by atoms with van der Waals surface area (Å²) in [6.45, 7) is 2.30. The molecule has 0 spiro atoms. The molecule has 57 heavy (non-hydrogen) atoms. The van der Waals surface area contributed by atoms with Crippen molar-refractivity contribution in [1.29, 1.82) is 0 Å². The van der Waals surface area contributed by atoms with Crippen LogP contribution < -0.4 is 0 Å². The van der Waals surface area contributed by atoms with E-state index in [1.54, 1.807) is 0 Å². The van der Waals surface area contributed by atoms with E-state index in [0.717, 1.165) is 41.1 Å². The van der Waals surface area contributed by atoms with Crippen LogP contribution in [-0.2, 0) is 6.42 Å². The third kappa shape index (κ3) is 4.82. The molecule has 0 saturated carbocycles. The van der Waals surface area contributed by atoms with Gasteiger partial charge in [-0.05, 0) is 105 Å². The van der Waals surface area contributed by atoms with Crippen LogP contribution in [0.3, 0.4) is 0 Å². The fraction of sp³-hybridized carbons (Fsp3) is 0.0556. The Kier molecular flexibility index (Phi) is 6.97. The monoisotopic (exact) mass is 727 g/mol. The highest BCUT2D eigenvalue weighted by atomic mass is 15.1. The lowest BCUT2D eigenvalue weighted by Crippen LogP contribution is -2.15. The van der Waals surface area contributed by atoms with Crippen LogP contribution >= 0.6 is 0 Å². The fourth-order valence-corrected chi connectivity index (χ4v) is 9.63. The van der Waals surface area contributed by atoms with Crippen molar-refractivity contribution < 1.29 is 0 Å². The van der Waals surface area contributed by atoms with Crippen molar-refractivity contribution in [3.63, 3.8) is 0 Å². The minimum atomic E-state index is 0.850. The van der Waals surface area contributed by atoms with Crippen LogP contribution in [0.2, 0.25) is 0 Å². The van der Waals surface area contributed by atoms with Crippen LogP contribution in [0, 0.1) is 0 Å². The largest absolute Gasteiger partial charge is 0.309 e. The van der Waals surface area contributed by atoms with Gasteiger partial charge in [-0.2, -0.15) is 0 Å². The maximum absolute atomic E-state index is 5.74. The Morgan fingerprint density at radius 2 is 1.12 bits per heavy atom. The molecule has 0 unspecified atom stereocenters. The summed E-state index contributed by atoms with van der Waals surface area (Å²) in [7, 11) is 0. The SMILES string of the molecule is CCC1=C(c2ccc3ccccc3c2)C(n2c3cc(-n4c5ccccc5c5cc6ccccc6cc54)ccc3c3c4ccccc4ccc32)=Nc2ccccc2C1. The Labute approximate surface area is 330 Å². The first-order chi connectivity index (χ1) is 28.2. The summed E-state index contributed by atoms with van der Waals surface area (Å²) >= 11 is 0. The van der Waals surface area contributed by atoms with E-state index in [1.165, 1.54) is 87.2 Å². The highest BCUT2D eigenvalue weighted by Gasteiger charge is 2.26. The lowest BCUT2D eigenvalue weighted by Gasteiger charge is -2.19. The topological polar surface area (TPSA) is 22.2 Å². The molecular formula is C54H37N3. The first-order valence-electron chi connectivity index (χ1n) is 20.0. The number of allylic oxidation sites excluding steroid dienone is 2. The van der Waals surface area contributed by atoms with E-state index in [-0.39, 0.29) is 0 Å². The molecule has 12 rings (SSSR count). The molecule has 0 atom stereocenters. The van der Waals surface area contributed by atoms with Crippen LogP contribution in [0.4, 0.5) is 5.69 Å². The highest BCUT2D eigenvalue weighted by molar-refractivity contribution is 6.33. The van der Waals surface area contributed by atoms with Crippen molar-refractivity contribution in [2.24, 2.45) is 4.99 Å². The van der Waals surface area contributed by atoms with Crippen LogP contribution in [0.15, 0.2) is 193 Å². The molecule has 0 radical (unpaired) electrons. The van der Waals surface area contributed by atoms with Crippen LogP contribution in [0.25, 0.3) is 87.2 Å². The van der Waals surface area contributed by atoms with E-state index in [4.69, 9.17) is 4.99 Å². The van der Waals surface area contributed by atoms with Gasteiger partial charge >= 0.3 is 0 Å². The summed E-state index contributed by atoms with van der Waals surface area (Å²) < 4.78 is 4.94. The zero-order chi connectivity index (χ0) is 37.6. The molecule has 0 bridgehead atoms. The normalized spacial score (nSPS) is 13.4. The Morgan fingerprint density at radius 3 is 1.96 bits per heavy atom. The second-order valence-electron chi connectivity index (χ2n) is 15.4. The number of aromatic nitrogens is 2. The van der Waals surface area contributed by atoms with E-state index < -0.39 is 0 Å². The number of para-hydroxylation sites is 2. The first kappa shape index (κ1) is 32.1. The van der Waals surface area contributed by atoms with Gasteiger partial charge in [0.25, 0.3) is 0 Å². The van der Waals surface area contributed by atoms with Crippen molar-refractivity contribution in [1.82, 2.24) is 9.13 Å². The molecule has 11 aromatic rings. The quantitative estimate of drug-likeness (QED) is 0.173. The molecule has 0 N–H and O–H groups in total. The van der Waals surface area contributed by atoms with Gasteiger partial charge in [0.2, 0.25) is 0 Å². The van der Waals surface area contributed by atoms with E-state index >= 15 is 0 Å². The van der Waals surface area contributed by atoms with Gasteiger partial charge in [-0.3, -0.25) is 4.57 Å². The molecule has 3 heterocycles. The third-order valence-electron chi connectivity index (χ3n) is 12.3. The van der Waals surface area contributed by atoms with Gasteiger partial charge in [0.15, 0.2) is 0 Å². The molecule has 9 aromatic carbocycles. The standard InChI is InChI=1S/C54H37N3/c1-2-34-29-40-18-8-11-21-47(40)55-54(52(34)41-24-23-35-13-3-4-15-37(35)30-41)57-49-28-25-36-14-7-9-19-43(36)53(49)45-27-26-42(33-51(45)57)56-48-22-12-10-20-44(48)46-31-38-16-5-6-17-39(38)32-50(46)56/h3-28,30-33H,2,29H2,1H3. The van der Waals surface area contributed by atoms with Gasteiger partial charge in [0.1, 0.15) is 5.84 Å². The van der Waals surface area contributed by atoms with Crippen molar-refractivity contribution in [3.05, 3.63) is 199 Å². The van der Waals surface area contributed by atoms with Crippen molar-refractivity contribution in [2.45, 2.75) is 19.8 Å². The van der Waals surface area contributed by atoms with Crippen LogP contribution in [0.1, 0.15) is 24.5 Å². The second-order valence-corrected chi connectivity index (χ2v) is 15.4. The van der Waals surface area contributed by atoms with Gasteiger partial charge in [0, 0.05) is 32.8 Å². The summed E-state index contributed by atoms with van der Waals surface area (Å²) in [6.07, 6.45) is 1.76. The Hall–Kier alpha value is -7.23. The molecule has 268 valence electrons.